The molecule has 24 heavy (non-hydrogen) atoms. The van der Waals surface area contributed by atoms with Crippen LogP contribution in [0.5, 0.6) is 0 Å². The minimum absolute atomic E-state index is 0.0719. The maximum atomic E-state index is 12.6. The summed E-state index contributed by atoms with van der Waals surface area (Å²) in [5.74, 6) is -0.445. The number of amides is 1. The fourth-order valence-electron chi connectivity index (χ4n) is 1.74. The molecule has 0 saturated heterocycles. The number of hydrogen-bond acceptors (Lipinski definition) is 3. The Labute approximate surface area is 149 Å². The zero-order valence-electron chi connectivity index (χ0n) is 11.9. The van der Waals surface area contributed by atoms with E-state index >= 15 is 0 Å². The van der Waals surface area contributed by atoms with Crippen LogP contribution in [0.4, 0.5) is 18.9 Å². The maximum Gasteiger partial charge on any atom is 0.416 e. The van der Waals surface area contributed by atoms with Crippen molar-refractivity contribution in [3.63, 3.8) is 0 Å². The number of alkyl halides is 3. The molecule has 0 atom stereocenters. The van der Waals surface area contributed by atoms with Crippen LogP contribution in [0.2, 0.25) is 0 Å². The zero-order chi connectivity index (χ0) is 17.7. The van der Waals surface area contributed by atoms with Crippen molar-refractivity contribution < 1.29 is 18.0 Å². The van der Waals surface area contributed by atoms with E-state index in [0.29, 0.717) is 5.56 Å². The van der Waals surface area contributed by atoms with Crippen LogP contribution in [0.15, 0.2) is 53.0 Å². The second-order valence-electron chi connectivity index (χ2n) is 4.62. The number of benzene rings is 2. The Bertz CT molecular complexity index is 768. The molecular formula is C15H11BrF3N3OS. The molecule has 2 aromatic rings. The Hall–Kier alpha value is -2.13. The molecule has 0 aliphatic rings. The van der Waals surface area contributed by atoms with Crippen LogP contribution in [0, 0.1) is 0 Å². The predicted octanol–water partition coefficient (Wildman–Crippen LogP) is 4.10. The first-order chi connectivity index (χ1) is 11.3. The van der Waals surface area contributed by atoms with E-state index in [4.69, 9.17) is 12.2 Å². The Morgan fingerprint density at radius 2 is 1.79 bits per heavy atom. The summed E-state index contributed by atoms with van der Waals surface area (Å²) in [6.07, 6.45) is -4.44. The van der Waals surface area contributed by atoms with Crippen LogP contribution in [-0.4, -0.2) is 11.0 Å². The summed E-state index contributed by atoms with van der Waals surface area (Å²) in [7, 11) is 0. The molecule has 0 radical (unpaired) electrons. The number of carbonyl (C=O) groups is 1. The summed E-state index contributed by atoms with van der Waals surface area (Å²) in [5, 5.41) is 2.34. The van der Waals surface area contributed by atoms with E-state index in [1.807, 2.05) is 0 Å². The van der Waals surface area contributed by atoms with E-state index in [-0.39, 0.29) is 10.8 Å². The van der Waals surface area contributed by atoms with Gasteiger partial charge in [-0.15, -0.1) is 0 Å². The first-order valence-corrected chi connectivity index (χ1v) is 7.76. The standard InChI is InChI=1S/C15H11BrF3N3OS/c16-11-5-1-3-9(7-11)13(23)20-14(24)22-21-12-6-2-4-10(8-12)15(17,18)19/h1-8,21H,(H2,20,22,23,24). The van der Waals surface area contributed by atoms with Gasteiger partial charge >= 0.3 is 6.18 Å². The zero-order valence-corrected chi connectivity index (χ0v) is 14.3. The smallest absolute Gasteiger partial charge is 0.299 e. The molecule has 4 nitrogen and oxygen atoms in total. The first kappa shape index (κ1) is 18.2. The number of nitrogens with one attached hydrogen (secondary N) is 3. The highest BCUT2D eigenvalue weighted by molar-refractivity contribution is 9.10. The molecule has 2 aromatic carbocycles. The summed E-state index contributed by atoms with van der Waals surface area (Å²) in [4.78, 5) is 12.0. The summed E-state index contributed by atoms with van der Waals surface area (Å²) >= 11 is 8.18. The topological polar surface area (TPSA) is 53.2 Å². The minimum atomic E-state index is -4.44. The van der Waals surface area contributed by atoms with Gasteiger partial charge in [0.1, 0.15) is 0 Å². The number of anilines is 1. The van der Waals surface area contributed by atoms with Crippen LogP contribution >= 0.6 is 28.1 Å². The first-order valence-electron chi connectivity index (χ1n) is 6.56. The van der Waals surface area contributed by atoms with E-state index in [2.05, 4.69) is 32.1 Å². The van der Waals surface area contributed by atoms with Gasteiger partial charge in [-0.25, -0.2) is 0 Å². The van der Waals surface area contributed by atoms with Gasteiger partial charge in [0.05, 0.1) is 11.3 Å². The number of carbonyl (C=O) groups excluding carboxylic acids is 1. The largest absolute Gasteiger partial charge is 0.416 e. The van der Waals surface area contributed by atoms with Crippen LogP contribution in [0.25, 0.3) is 0 Å². The predicted molar refractivity (Wildman–Crippen MR) is 92.4 cm³/mol. The second kappa shape index (κ2) is 7.63. The molecule has 3 N–H and O–H groups in total. The van der Waals surface area contributed by atoms with Crippen LogP contribution in [0.3, 0.4) is 0 Å². The molecule has 9 heteroatoms. The number of hydrazine groups is 1. The van der Waals surface area contributed by atoms with Gasteiger partial charge in [-0.05, 0) is 48.6 Å². The lowest BCUT2D eigenvalue weighted by Gasteiger charge is -2.13. The molecular weight excluding hydrogens is 407 g/mol. The van der Waals surface area contributed by atoms with Crippen molar-refractivity contribution in [1.29, 1.82) is 0 Å². The van der Waals surface area contributed by atoms with Crippen LogP contribution < -0.4 is 16.2 Å². The van der Waals surface area contributed by atoms with Gasteiger partial charge in [-0.2, -0.15) is 13.2 Å². The van der Waals surface area contributed by atoms with Crippen molar-refractivity contribution in [2.45, 2.75) is 6.18 Å². The van der Waals surface area contributed by atoms with Gasteiger partial charge in [-0.3, -0.25) is 21.0 Å². The molecule has 126 valence electrons. The van der Waals surface area contributed by atoms with Crippen molar-refractivity contribution in [2.24, 2.45) is 0 Å². The highest BCUT2D eigenvalue weighted by Gasteiger charge is 2.30. The van der Waals surface area contributed by atoms with E-state index < -0.39 is 17.6 Å². The van der Waals surface area contributed by atoms with Crippen LogP contribution in [0.1, 0.15) is 15.9 Å². The third-order valence-electron chi connectivity index (χ3n) is 2.82. The van der Waals surface area contributed by atoms with E-state index in [1.54, 1.807) is 24.3 Å². The number of hydrogen-bond donors (Lipinski definition) is 3. The Balaban J connectivity index is 1.93. The molecule has 0 heterocycles. The average molecular weight is 418 g/mol. The summed E-state index contributed by atoms with van der Waals surface area (Å²) in [6.45, 7) is 0. The second-order valence-corrected chi connectivity index (χ2v) is 5.95. The molecule has 0 fully saturated rings. The lowest BCUT2D eigenvalue weighted by molar-refractivity contribution is -0.137. The lowest BCUT2D eigenvalue weighted by Crippen LogP contribution is -2.42. The van der Waals surface area contributed by atoms with Crippen molar-refractivity contribution in [2.75, 3.05) is 5.43 Å². The molecule has 2 rings (SSSR count). The molecule has 0 saturated carbocycles. The summed E-state index contributed by atoms with van der Waals surface area (Å²) in [6, 6.07) is 11.2. The quantitative estimate of drug-likeness (QED) is 0.519. The molecule has 0 unspecified atom stereocenters. The van der Waals surface area contributed by atoms with Crippen LogP contribution in [-0.2, 0) is 6.18 Å². The van der Waals surface area contributed by atoms with E-state index in [0.717, 1.165) is 16.6 Å². The van der Waals surface area contributed by atoms with Gasteiger partial charge in [-0.1, -0.05) is 28.1 Å². The number of rotatable bonds is 3. The van der Waals surface area contributed by atoms with E-state index in [9.17, 15) is 18.0 Å². The average Bonchev–Trinajstić information content (AvgIpc) is 2.52. The monoisotopic (exact) mass is 417 g/mol. The lowest BCUT2D eigenvalue weighted by atomic mass is 10.2. The molecule has 0 spiro atoms. The number of halogens is 4. The van der Waals surface area contributed by atoms with Crippen molar-refractivity contribution in [3.8, 4) is 0 Å². The summed E-state index contributed by atoms with van der Waals surface area (Å²) < 4.78 is 38.6. The normalized spacial score (nSPS) is 10.8. The minimum Gasteiger partial charge on any atom is -0.299 e. The molecule has 0 aliphatic carbocycles. The van der Waals surface area contributed by atoms with E-state index in [1.165, 1.54) is 12.1 Å². The van der Waals surface area contributed by atoms with Crippen molar-refractivity contribution >= 4 is 44.9 Å². The van der Waals surface area contributed by atoms with Gasteiger partial charge in [0.2, 0.25) is 0 Å². The van der Waals surface area contributed by atoms with Gasteiger partial charge in [0.25, 0.3) is 5.91 Å². The Morgan fingerprint density at radius 3 is 2.46 bits per heavy atom. The van der Waals surface area contributed by atoms with Gasteiger partial charge in [0, 0.05) is 10.0 Å². The third-order valence-corrected chi connectivity index (χ3v) is 3.52. The van der Waals surface area contributed by atoms with Crippen molar-refractivity contribution in [1.82, 2.24) is 10.7 Å². The number of thiocarbonyl (C=S) groups is 1. The molecule has 0 bridgehead atoms. The van der Waals surface area contributed by atoms with Crippen molar-refractivity contribution in [3.05, 3.63) is 64.1 Å². The highest BCUT2D eigenvalue weighted by atomic mass is 79.9. The highest BCUT2D eigenvalue weighted by Crippen LogP contribution is 2.30. The third kappa shape index (κ3) is 5.20. The van der Waals surface area contributed by atoms with Gasteiger partial charge in [0.15, 0.2) is 5.11 Å². The SMILES string of the molecule is O=C(NC(=S)NNc1cccc(C(F)(F)F)c1)c1cccc(Br)c1. The fourth-order valence-corrected chi connectivity index (χ4v) is 2.28. The Kier molecular flexibility index (Phi) is 5.79. The molecule has 0 aliphatic heterocycles. The Morgan fingerprint density at radius 1 is 1.08 bits per heavy atom. The fraction of sp³-hybridized carbons (Fsp3) is 0.0667. The van der Waals surface area contributed by atoms with Gasteiger partial charge < -0.3 is 0 Å². The molecule has 0 aromatic heterocycles. The maximum absolute atomic E-state index is 12.6. The summed E-state index contributed by atoms with van der Waals surface area (Å²) in [5.41, 5.74) is 4.72. The molecule has 1 amide bonds.